The quantitative estimate of drug-likeness (QED) is 0.578. The number of nitrogens with two attached hydrogens (primary N) is 1. The Balaban J connectivity index is 2.39. The van der Waals surface area contributed by atoms with E-state index in [1.54, 1.807) is 57.2 Å². The van der Waals surface area contributed by atoms with Crippen molar-refractivity contribution < 1.29 is 14.6 Å². The van der Waals surface area contributed by atoms with Gasteiger partial charge < -0.3 is 9.84 Å². The maximum absolute atomic E-state index is 12.1. The molecule has 0 fully saturated rings. The third-order valence-corrected chi connectivity index (χ3v) is 4.39. The van der Waals surface area contributed by atoms with Crippen LogP contribution in [-0.4, -0.2) is 16.8 Å². The largest absolute Gasteiger partial charge is 0.444 e. The first-order chi connectivity index (χ1) is 13.2. The number of ether oxygens (including phenoxy) is 1. The summed E-state index contributed by atoms with van der Waals surface area (Å²) in [5.41, 5.74) is 6.37. The van der Waals surface area contributed by atoms with Gasteiger partial charge in [-0.3, -0.25) is 11.1 Å². The highest BCUT2D eigenvalue weighted by molar-refractivity contribution is 6.30. The van der Waals surface area contributed by atoms with Crippen LogP contribution in [0.15, 0.2) is 42.5 Å². The monoisotopic (exact) mass is 418 g/mol. The maximum Gasteiger partial charge on any atom is 0.412 e. The third kappa shape index (κ3) is 6.74. The van der Waals surface area contributed by atoms with Crippen molar-refractivity contribution >= 4 is 23.4 Å². The molecule has 0 spiro atoms. The molecule has 1 unspecified atom stereocenters. The minimum Gasteiger partial charge on any atom is -0.444 e. The molecule has 2 rings (SSSR count). The Morgan fingerprint density at radius 1 is 1.10 bits per heavy atom. The minimum absolute atomic E-state index is 0.00121. The molecule has 0 aliphatic heterocycles. The number of halogens is 1. The van der Waals surface area contributed by atoms with Gasteiger partial charge in [0.1, 0.15) is 5.60 Å². The number of nitrogens with one attached hydrogen (secondary N) is 1. The van der Waals surface area contributed by atoms with Gasteiger partial charge in [0.25, 0.3) is 0 Å². The molecule has 2 aromatic rings. The molecular formula is C23H31ClN2O3. The fourth-order valence-electron chi connectivity index (χ4n) is 3.04. The summed E-state index contributed by atoms with van der Waals surface area (Å²) >= 11 is 6.20. The van der Waals surface area contributed by atoms with Crippen molar-refractivity contribution in [3.05, 3.63) is 64.2 Å². The van der Waals surface area contributed by atoms with Crippen molar-refractivity contribution in [1.29, 1.82) is 0 Å². The normalized spacial score (nSPS) is 14.2. The van der Waals surface area contributed by atoms with Crippen LogP contribution in [0.4, 0.5) is 10.5 Å². The van der Waals surface area contributed by atoms with Crippen molar-refractivity contribution in [1.82, 2.24) is 0 Å². The summed E-state index contributed by atoms with van der Waals surface area (Å²) in [7, 11) is 0. The number of aliphatic hydroxyl groups is 1. The number of amides is 1. The number of hydrogen-bond acceptors (Lipinski definition) is 4. The van der Waals surface area contributed by atoms with Gasteiger partial charge in [-0.1, -0.05) is 50.6 Å². The topological polar surface area (TPSA) is 84.6 Å². The summed E-state index contributed by atoms with van der Waals surface area (Å²) in [6, 6.07) is 12.1. The second kappa shape index (κ2) is 8.34. The molecule has 0 heterocycles. The molecule has 6 heteroatoms. The lowest BCUT2D eigenvalue weighted by molar-refractivity contribution is 0.0635. The highest BCUT2D eigenvalue weighted by Gasteiger charge is 2.31. The van der Waals surface area contributed by atoms with E-state index >= 15 is 0 Å². The Bertz CT molecular complexity index is 880. The van der Waals surface area contributed by atoms with Crippen LogP contribution in [0.2, 0.25) is 5.02 Å². The van der Waals surface area contributed by atoms with Crippen molar-refractivity contribution in [3.8, 4) is 0 Å². The Hall–Kier alpha value is -2.08. The highest BCUT2D eigenvalue weighted by Crippen LogP contribution is 2.34. The Morgan fingerprint density at radius 2 is 1.76 bits per heavy atom. The Morgan fingerprint density at radius 3 is 2.34 bits per heavy atom. The summed E-state index contributed by atoms with van der Waals surface area (Å²) in [6.45, 7) is 11.7. The number of rotatable bonds is 4. The van der Waals surface area contributed by atoms with E-state index in [-0.39, 0.29) is 5.41 Å². The van der Waals surface area contributed by atoms with Gasteiger partial charge in [0.15, 0.2) is 5.72 Å². The van der Waals surface area contributed by atoms with E-state index in [9.17, 15) is 9.90 Å². The third-order valence-electron chi connectivity index (χ3n) is 4.15. The van der Waals surface area contributed by atoms with Crippen molar-refractivity contribution in [3.63, 3.8) is 0 Å². The molecule has 1 amide bonds. The van der Waals surface area contributed by atoms with Crippen molar-refractivity contribution in [2.45, 2.75) is 59.3 Å². The summed E-state index contributed by atoms with van der Waals surface area (Å²) in [5, 5.41) is 14.4. The molecule has 0 bridgehead atoms. The van der Waals surface area contributed by atoms with Crippen LogP contribution in [0, 0.1) is 5.41 Å². The minimum atomic E-state index is -1.78. The van der Waals surface area contributed by atoms with Gasteiger partial charge in [-0.25, -0.2) is 4.79 Å². The van der Waals surface area contributed by atoms with E-state index in [2.05, 4.69) is 26.1 Å². The smallest absolute Gasteiger partial charge is 0.412 e. The van der Waals surface area contributed by atoms with E-state index in [1.165, 1.54) is 0 Å². The molecule has 0 saturated carbocycles. The van der Waals surface area contributed by atoms with Gasteiger partial charge in [-0.15, -0.1) is 0 Å². The van der Waals surface area contributed by atoms with Gasteiger partial charge in [-0.05, 0) is 62.4 Å². The second-order valence-corrected chi connectivity index (χ2v) is 9.95. The summed E-state index contributed by atoms with van der Waals surface area (Å²) < 4.78 is 5.28. The lowest BCUT2D eigenvalue weighted by Gasteiger charge is -2.30. The standard InChI is InChI=1S/C23H31ClN2O3/c1-21(2,3)14-15-10-11-17(24)13-19(15)23(25,28)16-8-7-9-18(12-16)26-20(27)29-22(4,5)6/h7-13,28H,14,25H2,1-6H3,(H,26,27). The molecule has 0 aliphatic rings. The number of hydrogen-bond donors (Lipinski definition) is 3. The molecule has 0 aromatic heterocycles. The van der Waals surface area contributed by atoms with Gasteiger partial charge in [0.05, 0.1) is 0 Å². The zero-order valence-corrected chi connectivity index (χ0v) is 18.7. The second-order valence-electron chi connectivity index (χ2n) is 9.51. The maximum atomic E-state index is 12.1. The molecular weight excluding hydrogens is 388 g/mol. The molecule has 158 valence electrons. The van der Waals surface area contributed by atoms with Gasteiger partial charge in [0, 0.05) is 21.8 Å². The van der Waals surface area contributed by atoms with E-state index in [0.717, 1.165) is 12.0 Å². The number of anilines is 1. The zero-order chi connectivity index (χ0) is 22.0. The number of carbonyl (C=O) groups is 1. The van der Waals surface area contributed by atoms with Crippen LogP contribution in [-0.2, 0) is 16.9 Å². The van der Waals surface area contributed by atoms with Crippen molar-refractivity contribution in [2.75, 3.05) is 5.32 Å². The molecule has 1 atom stereocenters. The number of benzene rings is 2. The first kappa shape index (κ1) is 23.2. The van der Waals surface area contributed by atoms with Gasteiger partial charge in [0.2, 0.25) is 0 Å². The summed E-state index contributed by atoms with van der Waals surface area (Å²) in [4.78, 5) is 12.1. The van der Waals surface area contributed by atoms with E-state index < -0.39 is 17.4 Å². The molecule has 0 radical (unpaired) electrons. The zero-order valence-electron chi connectivity index (χ0n) is 18.0. The van der Waals surface area contributed by atoms with E-state index in [4.69, 9.17) is 22.1 Å². The molecule has 2 aromatic carbocycles. The average Bonchev–Trinajstić information content (AvgIpc) is 2.53. The van der Waals surface area contributed by atoms with Gasteiger partial charge >= 0.3 is 6.09 Å². The first-order valence-corrected chi connectivity index (χ1v) is 9.96. The fraction of sp³-hybridized carbons (Fsp3) is 0.435. The lowest BCUT2D eigenvalue weighted by atomic mass is 9.82. The molecule has 5 nitrogen and oxygen atoms in total. The van der Waals surface area contributed by atoms with E-state index in [1.807, 2.05) is 6.07 Å². The lowest BCUT2D eigenvalue weighted by Crippen LogP contribution is -2.39. The molecule has 0 saturated heterocycles. The number of carbonyl (C=O) groups excluding carboxylic acids is 1. The van der Waals surface area contributed by atoms with Crippen LogP contribution in [0.25, 0.3) is 0 Å². The summed E-state index contributed by atoms with van der Waals surface area (Å²) in [6.07, 6.45) is 0.140. The Kier molecular flexibility index (Phi) is 6.68. The molecule has 0 aliphatic carbocycles. The fourth-order valence-corrected chi connectivity index (χ4v) is 3.21. The predicted octanol–water partition coefficient (Wildman–Crippen LogP) is 5.43. The predicted molar refractivity (Wildman–Crippen MR) is 118 cm³/mol. The molecule has 4 N–H and O–H groups in total. The average molecular weight is 419 g/mol. The summed E-state index contributed by atoms with van der Waals surface area (Å²) in [5.74, 6) is 0. The van der Waals surface area contributed by atoms with E-state index in [0.29, 0.717) is 21.8 Å². The van der Waals surface area contributed by atoms with Crippen LogP contribution < -0.4 is 11.1 Å². The van der Waals surface area contributed by atoms with Crippen LogP contribution >= 0.6 is 11.6 Å². The van der Waals surface area contributed by atoms with Gasteiger partial charge in [-0.2, -0.15) is 0 Å². The Labute approximate surface area is 178 Å². The van der Waals surface area contributed by atoms with Crippen LogP contribution in [0.5, 0.6) is 0 Å². The van der Waals surface area contributed by atoms with Crippen LogP contribution in [0.3, 0.4) is 0 Å². The first-order valence-electron chi connectivity index (χ1n) is 9.58. The SMILES string of the molecule is CC(C)(C)Cc1ccc(Cl)cc1C(N)(O)c1cccc(NC(=O)OC(C)(C)C)c1. The highest BCUT2D eigenvalue weighted by atomic mass is 35.5. The van der Waals surface area contributed by atoms with Crippen LogP contribution in [0.1, 0.15) is 58.2 Å². The molecule has 29 heavy (non-hydrogen) atoms. The van der Waals surface area contributed by atoms with Crippen molar-refractivity contribution in [2.24, 2.45) is 11.1 Å².